The number of alkyl halides is 3. The van der Waals surface area contributed by atoms with Crippen LogP contribution in [0.4, 0.5) is 13.2 Å². The first-order valence-corrected chi connectivity index (χ1v) is 3.21. The Morgan fingerprint density at radius 1 is 1.42 bits per heavy atom. The lowest BCUT2D eigenvalue weighted by Gasteiger charge is -2.27. The third-order valence-electron chi connectivity index (χ3n) is 1.55. The van der Waals surface area contributed by atoms with Gasteiger partial charge in [-0.1, -0.05) is 0 Å². The number of hydrogen-bond donors (Lipinski definition) is 0. The first kappa shape index (κ1) is 9.29. The Labute approximate surface area is 66.7 Å². The van der Waals surface area contributed by atoms with E-state index in [4.69, 9.17) is 5.26 Å². The summed E-state index contributed by atoms with van der Waals surface area (Å²) in [4.78, 5) is 0. The highest BCUT2D eigenvalue weighted by Crippen LogP contribution is 2.36. The Morgan fingerprint density at radius 2 is 1.92 bits per heavy atom. The lowest BCUT2D eigenvalue weighted by Crippen LogP contribution is -2.50. The molecule has 1 aliphatic rings. The maximum Gasteiger partial charge on any atom is 0.387 e. The van der Waals surface area contributed by atoms with E-state index in [0.29, 0.717) is 6.07 Å². The molecule has 68 valence electrons. The third kappa shape index (κ3) is 1.15. The molecule has 0 unspecified atom stereocenters. The van der Waals surface area contributed by atoms with Crippen LogP contribution in [0.2, 0.25) is 0 Å². The van der Waals surface area contributed by atoms with Crippen LogP contribution in [-0.2, 0) is 9.47 Å². The van der Waals surface area contributed by atoms with E-state index in [2.05, 4.69) is 9.47 Å². The van der Waals surface area contributed by atoms with Crippen molar-refractivity contribution in [3.05, 3.63) is 0 Å². The molecule has 0 N–H and O–H groups in total. The number of halogens is 3. The van der Waals surface area contributed by atoms with Gasteiger partial charge in [0.2, 0.25) is 0 Å². The minimum atomic E-state index is -3.95. The molecule has 6 heteroatoms. The highest BCUT2D eigenvalue weighted by molar-refractivity contribution is 5.04. The van der Waals surface area contributed by atoms with Crippen LogP contribution in [0.25, 0.3) is 0 Å². The first-order valence-electron chi connectivity index (χ1n) is 3.21. The Morgan fingerprint density at radius 3 is 2.25 bits per heavy atom. The second-order valence-corrected chi connectivity index (χ2v) is 2.27. The molecule has 0 aliphatic carbocycles. The summed E-state index contributed by atoms with van der Waals surface area (Å²) >= 11 is 0. The largest absolute Gasteiger partial charge is 0.387 e. The number of ether oxygens (including phenoxy) is 2. The fourth-order valence-corrected chi connectivity index (χ4v) is 0.882. The summed E-state index contributed by atoms with van der Waals surface area (Å²) in [5.41, 5.74) is 0. The van der Waals surface area contributed by atoms with Crippen LogP contribution in [0, 0.1) is 11.3 Å². The Balaban J connectivity index is 2.87. The van der Waals surface area contributed by atoms with E-state index in [1.807, 2.05) is 0 Å². The molecule has 0 aromatic heterocycles. The van der Waals surface area contributed by atoms with Gasteiger partial charge in [0.1, 0.15) is 6.07 Å². The van der Waals surface area contributed by atoms with Gasteiger partial charge in [-0.25, -0.2) is 4.39 Å². The van der Waals surface area contributed by atoms with E-state index in [9.17, 15) is 13.2 Å². The topological polar surface area (TPSA) is 42.2 Å². The molecule has 0 spiro atoms. The SMILES string of the molecule is N#CC(F)(F)C1(CF)OCCO1. The number of hydrogen-bond acceptors (Lipinski definition) is 3. The zero-order valence-corrected chi connectivity index (χ0v) is 6.02. The summed E-state index contributed by atoms with van der Waals surface area (Å²) in [5.74, 6) is -6.62. The maximum atomic E-state index is 12.7. The molecule has 0 aromatic carbocycles. The lowest BCUT2D eigenvalue weighted by molar-refractivity contribution is -0.272. The molecule has 1 heterocycles. The van der Waals surface area contributed by atoms with Crippen molar-refractivity contribution in [3.8, 4) is 6.07 Å². The van der Waals surface area contributed by atoms with Crippen LogP contribution in [0.5, 0.6) is 0 Å². The second kappa shape index (κ2) is 2.92. The molecule has 0 saturated carbocycles. The molecule has 1 fully saturated rings. The fraction of sp³-hybridized carbons (Fsp3) is 0.833. The molecule has 0 bridgehead atoms. The van der Waals surface area contributed by atoms with Gasteiger partial charge in [-0.2, -0.15) is 14.0 Å². The Hall–Kier alpha value is -0.800. The van der Waals surface area contributed by atoms with Gasteiger partial charge < -0.3 is 9.47 Å². The summed E-state index contributed by atoms with van der Waals surface area (Å²) in [7, 11) is 0. The normalized spacial score (nSPS) is 22.2. The van der Waals surface area contributed by atoms with E-state index >= 15 is 0 Å². The number of nitriles is 1. The van der Waals surface area contributed by atoms with Gasteiger partial charge in [0.15, 0.2) is 6.67 Å². The first-order chi connectivity index (χ1) is 5.58. The monoisotopic (exact) mass is 181 g/mol. The third-order valence-corrected chi connectivity index (χ3v) is 1.55. The zero-order valence-electron chi connectivity index (χ0n) is 6.02. The molecular weight excluding hydrogens is 175 g/mol. The molecule has 3 nitrogen and oxygen atoms in total. The van der Waals surface area contributed by atoms with E-state index < -0.39 is 18.4 Å². The Bertz CT molecular complexity index is 207. The molecule has 1 rings (SSSR count). The molecule has 0 aromatic rings. The number of nitrogens with zero attached hydrogens (tertiary/aromatic N) is 1. The van der Waals surface area contributed by atoms with Crippen LogP contribution in [0.3, 0.4) is 0 Å². The molecular formula is C6H6F3NO2. The molecule has 1 saturated heterocycles. The van der Waals surface area contributed by atoms with Crippen molar-refractivity contribution in [1.29, 1.82) is 5.26 Å². The Kier molecular flexibility index (Phi) is 2.26. The minimum Gasteiger partial charge on any atom is -0.340 e. The minimum absolute atomic E-state index is 0.124. The van der Waals surface area contributed by atoms with Crippen molar-refractivity contribution < 1.29 is 22.6 Å². The van der Waals surface area contributed by atoms with Gasteiger partial charge in [-0.05, 0) is 0 Å². The van der Waals surface area contributed by atoms with Gasteiger partial charge in [-0.15, -0.1) is 0 Å². The van der Waals surface area contributed by atoms with Crippen LogP contribution in [0.15, 0.2) is 0 Å². The number of rotatable bonds is 2. The van der Waals surface area contributed by atoms with E-state index in [-0.39, 0.29) is 13.2 Å². The van der Waals surface area contributed by atoms with Gasteiger partial charge in [0.05, 0.1) is 13.2 Å². The average Bonchev–Trinajstić information content (AvgIpc) is 2.53. The van der Waals surface area contributed by atoms with E-state index in [1.54, 1.807) is 0 Å². The second-order valence-electron chi connectivity index (χ2n) is 2.27. The van der Waals surface area contributed by atoms with Crippen molar-refractivity contribution in [1.82, 2.24) is 0 Å². The quantitative estimate of drug-likeness (QED) is 0.634. The standard InChI is InChI=1S/C6H6F3NO2/c7-3-6(5(8,9)4-10)11-1-2-12-6/h1-3H2. The lowest BCUT2D eigenvalue weighted by atomic mass is 10.1. The highest BCUT2D eigenvalue weighted by atomic mass is 19.3. The molecule has 0 amide bonds. The van der Waals surface area contributed by atoms with Crippen molar-refractivity contribution in [2.75, 3.05) is 19.9 Å². The highest BCUT2D eigenvalue weighted by Gasteiger charge is 2.59. The van der Waals surface area contributed by atoms with Crippen LogP contribution in [0.1, 0.15) is 0 Å². The molecule has 0 atom stereocenters. The molecule has 12 heavy (non-hydrogen) atoms. The van der Waals surface area contributed by atoms with E-state index in [1.165, 1.54) is 0 Å². The fourth-order valence-electron chi connectivity index (χ4n) is 0.882. The van der Waals surface area contributed by atoms with Crippen LogP contribution < -0.4 is 0 Å². The van der Waals surface area contributed by atoms with Gasteiger partial charge >= 0.3 is 5.92 Å². The summed E-state index contributed by atoms with van der Waals surface area (Å²) in [6.45, 7) is -1.78. The van der Waals surface area contributed by atoms with E-state index in [0.717, 1.165) is 0 Å². The predicted molar refractivity (Wildman–Crippen MR) is 31.2 cm³/mol. The maximum absolute atomic E-state index is 12.7. The molecule has 1 aliphatic heterocycles. The van der Waals surface area contributed by atoms with Gasteiger partial charge in [0, 0.05) is 0 Å². The molecule has 0 radical (unpaired) electrons. The van der Waals surface area contributed by atoms with Gasteiger partial charge in [-0.3, -0.25) is 0 Å². The van der Waals surface area contributed by atoms with Gasteiger partial charge in [0.25, 0.3) is 5.79 Å². The van der Waals surface area contributed by atoms with Crippen molar-refractivity contribution in [3.63, 3.8) is 0 Å². The van der Waals surface area contributed by atoms with Crippen LogP contribution >= 0.6 is 0 Å². The predicted octanol–water partition coefficient (Wildman–Crippen LogP) is 0.858. The van der Waals surface area contributed by atoms with Crippen molar-refractivity contribution in [2.45, 2.75) is 11.7 Å². The summed E-state index contributed by atoms with van der Waals surface area (Å²) in [6, 6.07) is 0.652. The summed E-state index contributed by atoms with van der Waals surface area (Å²) < 4.78 is 46.2. The van der Waals surface area contributed by atoms with Crippen LogP contribution in [-0.4, -0.2) is 31.6 Å². The van der Waals surface area contributed by atoms with Crippen molar-refractivity contribution in [2.24, 2.45) is 0 Å². The van der Waals surface area contributed by atoms with Crippen molar-refractivity contribution >= 4 is 0 Å². The summed E-state index contributed by atoms with van der Waals surface area (Å²) in [6.07, 6.45) is 0. The average molecular weight is 181 g/mol. The zero-order chi connectivity index (χ0) is 9.24. The summed E-state index contributed by atoms with van der Waals surface area (Å²) in [5, 5.41) is 8.02. The smallest absolute Gasteiger partial charge is 0.340 e.